The molecule has 18 heavy (non-hydrogen) atoms. The van der Waals surface area contributed by atoms with Gasteiger partial charge in [-0.15, -0.1) is 0 Å². The summed E-state index contributed by atoms with van der Waals surface area (Å²) < 4.78 is 0. The second kappa shape index (κ2) is 4.15. The maximum Gasteiger partial charge on any atom is 0.329 e. The fraction of sp³-hybridized carbons (Fsp3) is 0.308. The molecule has 1 aromatic rings. The SMILES string of the molecule is CCC1(C)NC(=O)N(c2ccc(C#N)cc2)C1=O. The molecule has 5 heteroatoms. The lowest BCUT2D eigenvalue weighted by atomic mass is 9.99. The van der Waals surface area contributed by atoms with Crippen molar-refractivity contribution in [2.75, 3.05) is 4.90 Å². The Balaban J connectivity index is 2.36. The molecular formula is C13H13N3O2. The fourth-order valence-corrected chi connectivity index (χ4v) is 1.84. The van der Waals surface area contributed by atoms with E-state index in [1.165, 1.54) is 0 Å². The molecule has 1 aromatic carbocycles. The smallest absolute Gasteiger partial charge is 0.323 e. The van der Waals surface area contributed by atoms with Crippen molar-refractivity contribution in [3.8, 4) is 6.07 Å². The van der Waals surface area contributed by atoms with Gasteiger partial charge in [-0.3, -0.25) is 4.79 Å². The minimum Gasteiger partial charge on any atom is -0.323 e. The van der Waals surface area contributed by atoms with Crippen LogP contribution in [0, 0.1) is 11.3 Å². The van der Waals surface area contributed by atoms with Gasteiger partial charge in [0.1, 0.15) is 5.54 Å². The zero-order chi connectivity index (χ0) is 13.3. The number of hydrogen-bond donors (Lipinski definition) is 1. The summed E-state index contributed by atoms with van der Waals surface area (Å²) in [7, 11) is 0. The second-order valence-electron chi connectivity index (χ2n) is 4.42. The Morgan fingerprint density at radius 2 is 1.94 bits per heavy atom. The summed E-state index contributed by atoms with van der Waals surface area (Å²) in [6, 6.07) is 7.92. The summed E-state index contributed by atoms with van der Waals surface area (Å²) >= 11 is 0. The van der Waals surface area contributed by atoms with Gasteiger partial charge in [-0.05, 0) is 37.6 Å². The zero-order valence-corrected chi connectivity index (χ0v) is 10.2. The molecule has 1 aliphatic rings. The van der Waals surface area contributed by atoms with E-state index in [9.17, 15) is 9.59 Å². The normalized spacial score (nSPS) is 22.8. The van der Waals surface area contributed by atoms with Crippen molar-refractivity contribution in [1.82, 2.24) is 5.32 Å². The van der Waals surface area contributed by atoms with Crippen LogP contribution in [0.5, 0.6) is 0 Å². The Hall–Kier alpha value is -2.35. The average Bonchev–Trinajstić information content (AvgIpc) is 2.61. The predicted molar refractivity (Wildman–Crippen MR) is 65.9 cm³/mol. The number of nitrogens with one attached hydrogen (secondary N) is 1. The Kier molecular flexibility index (Phi) is 2.79. The summed E-state index contributed by atoms with van der Waals surface area (Å²) in [4.78, 5) is 25.2. The molecule has 1 fully saturated rings. The van der Waals surface area contributed by atoms with E-state index in [-0.39, 0.29) is 5.91 Å². The van der Waals surface area contributed by atoms with Crippen molar-refractivity contribution in [2.45, 2.75) is 25.8 Å². The largest absolute Gasteiger partial charge is 0.329 e. The van der Waals surface area contributed by atoms with Crippen LogP contribution in [0.1, 0.15) is 25.8 Å². The van der Waals surface area contributed by atoms with Crippen molar-refractivity contribution >= 4 is 17.6 Å². The third-order valence-electron chi connectivity index (χ3n) is 3.22. The fourth-order valence-electron chi connectivity index (χ4n) is 1.84. The van der Waals surface area contributed by atoms with Gasteiger partial charge in [0.25, 0.3) is 5.91 Å². The number of carbonyl (C=O) groups excluding carboxylic acids is 2. The van der Waals surface area contributed by atoms with Crippen LogP contribution in [0.3, 0.4) is 0 Å². The number of urea groups is 1. The van der Waals surface area contributed by atoms with Crippen molar-refractivity contribution in [3.05, 3.63) is 29.8 Å². The van der Waals surface area contributed by atoms with Crippen molar-refractivity contribution in [2.24, 2.45) is 0 Å². The molecule has 1 saturated heterocycles. The Bertz CT molecular complexity index is 544. The van der Waals surface area contributed by atoms with Crippen molar-refractivity contribution in [3.63, 3.8) is 0 Å². The van der Waals surface area contributed by atoms with Gasteiger partial charge < -0.3 is 5.32 Å². The average molecular weight is 243 g/mol. The Morgan fingerprint density at radius 1 is 1.33 bits per heavy atom. The van der Waals surface area contributed by atoms with Crippen LogP contribution in [0.25, 0.3) is 0 Å². The molecule has 0 radical (unpaired) electrons. The monoisotopic (exact) mass is 243 g/mol. The molecule has 3 amide bonds. The topological polar surface area (TPSA) is 73.2 Å². The van der Waals surface area contributed by atoms with Gasteiger partial charge in [-0.1, -0.05) is 6.92 Å². The van der Waals surface area contributed by atoms with Gasteiger partial charge in [0.2, 0.25) is 0 Å². The van der Waals surface area contributed by atoms with E-state index in [0.29, 0.717) is 17.7 Å². The lowest BCUT2D eigenvalue weighted by molar-refractivity contribution is -0.121. The molecule has 1 N–H and O–H groups in total. The standard InChI is InChI=1S/C13H13N3O2/c1-3-13(2)11(17)16(12(18)15-13)10-6-4-9(8-14)5-7-10/h4-7H,3H2,1-2H3,(H,15,18). The van der Waals surface area contributed by atoms with Gasteiger partial charge in [0.05, 0.1) is 17.3 Å². The highest BCUT2D eigenvalue weighted by atomic mass is 16.2. The van der Waals surface area contributed by atoms with Gasteiger partial charge in [0.15, 0.2) is 0 Å². The van der Waals surface area contributed by atoms with Crippen LogP contribution in [0.4, 0.5) is 10.5 Å². The zero-order valence-electron chi connectivity index (χ0n) is 10.2. The maximum absolute atomic E-state index is 12.2. The molecule has 2 rings (SSSR count). The maximum atomic E-state index is 12.2. The first kappa shape index (κ1) is 12.1. The number of amides is 3. The molecule has 1 atom stereocenters. The molecule has 5 nitrogen and oxygen atoms in total. The van der Waals surface area contributed by atoms with E-state index in [1.54, 1.807) is 31.2 Å². The number of rotatable bonds is 2. The van der Waals surface area contributed by atoms with Crippen LogP contribution in [-0.2, 0) is 4.79 Å². The van der Waals surface area contributed by atoms with Gasteiger partial charge in [0, 0.05) is 0 Å². The molecule has 0 aromatic heterocycles. The van der Waals surface area contributed by atoms with E-state index in [4.69, 9.17) is 5.26 Å². The summed E-state index contributed by atoms with van der Waals surface area (Å²) in [6.07, 6.45) is 0.532. The van der Waals surface area contributed by atoms with E-state index in [2.05, 4.69) is 5.32 Å². The highest BCUT2D eigenvalue weighted by molar-refractivity contribution is 6.23. The molecule has 0 aliphatic carbocycles. The van der Waals surface area contributed by atoms with Gasteiger partial charge >= 0.3 is 6.03 Å². The molecular weight excluding hydrogens is 230 g/mol. The minimum absolute atomic E-state index is 0.264. The first-order valence-corrected chi connectivity index (χ1v) is 5.68. The third-order valence-corrected chi connectivity index (χ3v) is 3.22. The Labute approximate surface area is 105 Å². The minimum atomic E-state index is -0.842. The third kappa shape index (κ3) is 1.72. The number of imide groups is 1. The van der Waals surface area contributed by atoms with Crippen molar-refractivity contribution < 1.29 is 9.59 Å². The Morgan fingerprint density at radius 3 is 2.39 bits per heavy atom. The number of nitrogens with zero attached hydrogens (tertiary/aromatic N) is 2. The highest BCUT2D eigenvalue weighted by Gasteiger charge is 2.47. The van der Waals surface area contributed by atoms with E-state index in [0.717, 1.165) is 4.90 Å². The lowest BCUT2D eigenvalue weighted by Crippen LogP contribution is -2.43. The van der Waals surface area contributed by atoms with Gasteiger partial charge in [-0.25, -0.2) is 9.69 Å². The first-order chi connectivity index (χ1) is 8.51. The van der Waals surface area contributed by atoms with Crippen LogP contribution in [0.2, 0.25) is 0 Å². The number of carbonyl (C=O) groups is 2. The van der Waals surface area contributed by atoms with Crippen LogP contribution >= 0.6 is 0 Å². The van der Waals surface area contributed by atoms with Crippen molar-refractivity contribution in [1.29, 1.82) is 5.26 Å². The van der Waals surface area contributed by atoms with Crippen LogP contribution < -0.4 is 10.2 Å². The number of benzene rings is 1. The molecule has 92 valence electrons. The van der Waals surface area contributed by atoms with Gasteiger partial charge in [-0.2, -0.15) is 5.26 Å². The van der Waals surface area contributed by atoms with Crippen LogP contribution in [0.15, 0.2) is 24.3 Å². The lowest BCUT2D eigenvalue weighted by Gasteiger charge is -2.19. The first-order valence-electron chi connectivity index (χ1n) is 5.68. The quantitative estimate of drug-likeness (QED) is 0.805. The number of nitriles is 1. The molecule has 0 bridgehead atoms. The molecule has 0 saturated carbocycles. The summed E-state index contributed by atoms with van der Waals surface area (Å²) in [6.45, 7) is 3.55. The van der Waals surface area contributed by atoms with E-state index < -0.39 is 11.6 Å². The van der Waals surface area contributed by atoms with E-state index >= 15 is 0 Å². The van der Waals surface area contributed by atoms with E-state index in [1.807, 2.05) is 13.0 Å². The summed E-state index contributed by atoms with van der Waals surface area (Å²) in [5.74, 6) is -0.264. The second-order valence-corrected chi connectivity index (χ2v) is 4.42. The summed E-state index contributed by atoms with van der Waals surface area (Å²) in [5, 5.41) is 11.4. The number of hydrogen-bond acceptors (Lipinski definition) is 3. The predicted octanol–water partition coefficient (Wildman–Crippen LogP) is 1.78. The number of anilines is 1. The molecule has 1 heterocycles. The molecule has 1 aliphatic heterocycles. The summed E-state index contributed by atoms with van der Waals surface area (Å²) in [5.41, 5.74) is 0.128. The highest BCUT2D eigenvalue weighted by Crippen LogP contribution is 2.26. The molecule has 1 unspecified atom stereocenters. The van der Waals surface area contributed by atoms with Crippen LogP contribution in [-0.4, -0.2) is 17.5 Å². The molecule has 0 spiro atoms.